The molecule has 0 saturated carbocycles. The maximum atomic E-state index is 11.8. The van der Waals surface area contributed by atoms with Gasteiger partial charge < -0.3 is 19.7 Å². The Hall–Kier alpha value is -2.16. The van der Waals surface area contributed by atoms with Gasteiger partial charge in [0.05, 0.1) is 13.5 Å². The third-order valence-corrected chi connectivity index (χ3v) is 2.96. The third kappa shape index (κ3) is 5.38. The van der Waals surface area contributed by atoms with Gasteiger partial charge in [-0.05, 0) is 22.0 Å². The van der Waals surface area contributed by atoms with Crippen molar-refractivity contribution in [1.29, 1.82) is 0 Å². The maximum absolute atomic E-state index is 11.8. The van der Waals surface area contributed by atoms with Crippen LogP contribution in [0.25, 0.3) is 0 Å². The number of ether oxygens (including phenoxy) is 1. The van der Waals surface area contributed by atoms with E-state index in [4.69, 9.17) is 5.11 Å². The molecule has 0 aromatic carbocycles. The van der Waals surface area contributed by atoms with Crippen LogP contribution in [0.15, 0.2) is 27.6 Å². The van der Waals surface area contributed by atoms with Crippen molar-refractivity contribution >= 4 is 33.8 Å². The van der Waals surface area contributed by atoms with E-state index in [1.165, 1.54) is 18.3 Å². The summed E-state index contributed by atoms with van der Waals surface area (Å²) in [5.74, 6) is -2.83. The molecule has 9 heteroatoms. The molecule has 0 radical (unpaired) electrons. The fourth-order valence-corrected chi connectivity index (χ4v) is 1.85. The van der Waals surface area contributed by atoms with E-state index in [0.717, 1.165) is 11.7 Å². The third-order valence-electron chi connectivity index (χ3n) is 2.49. The highest BCUT2D eigenvalue weighted by Gasteiger charge is 2.23. The second-order valence-corrected chi connectivity index (χ2v) is 4.97. The molecule has 1 aromatic rings. The zero-order chi connectivity index (χ0) is 16.0. The predicted octanol–water partition coefficient (Wildman–Crippen LogP) is -0.257. The normalized spacial score (nSPS) is 11.5. The number of methoxy groups -OCH3 is 1. The number of aromatic nitrogens is 1. The van der Waals surface area contributed by atoms with E-state index in [-0.39, 0.29) is 6.54 Å². The van der Waals surface area contributed by atoms with Crippen LogP contribution < -0.4 is 10.9 Å². The van der Waals surface area contributed by atoms with Crippen LogP contribution in [0.1, 0.15) is 6.42 Å². The maximum Gasteiger partial charge on any atom is 0.326 e. The number of halogens is 1. The van der Waals surface area contributed by atoms with Crippen LogP contribution in [-0.2, 0) is 25.7 Å². The zero-order valence-corrected chi connectivity index (χ0v) is 12.6. The second kappa shape index (κ2) is 7.58. The summed E-state index contributed by atoms with van der Waals surface area (Å²) in [6.07, 6.45) is 0.906. The SMILES string of the molecule is COC(=O)C[C@H](NC(=O)Cn1cc(Br)ccc1=O)C(=O)O. The number of hydrogen-bond acceptors (Lipinski definition) is 5. The Morgan fingerprint density at radius 3 is 2.67 bits per heavy atom. The number of amides is 1. The van der Waals surface area contributed by atoms with Gasteiger partial charge in [0.25, 0.3) is 5.56 Å². The average Bonchev–Trinajstić information content (AvgIpc) is 2.41. The molecule has 0 bridgehead atoms. The van der Waals surface area contributed by atoms with Gasteiger partial charge in [-0.1, -0.05) is 0 Å². The summed E-state index contributed by atoms with van der Waals surface area (Å²) < 4.78 is 6.05. The molecule has 1 rings (SSSR count). The van der Waals surface area contributed by atoms with Crippen LogP contribution >= 0.6 is 15.9 Å². The summed E-state index contributed by atoms with van der Waals surface area (Å²) >= 11 is 3.16. The molecule has 0 aliphatic heterocycles. The van der Waals surface area contributed by atoms with Gasteiger partial charge in [0.15, 0.2) is 0 Å². The summed E-state index contributed by atoms with van der Waals surface area (Å²) in [6.45, 7) is -0.358. The molecule has 1 heterocycles. The summed E-state index contributed by atoms with van der Waals surface area (Å²) in [7, 11) is 1.12. The van der Waals surface area contributed by atoms with Crippen LogP contribution in [0.5, 0.6) is 0 Å². The molecular weight excluding hydrogens is 348 g/mol. The van der Waals surface area contributed by atoms with E-state index < -0.39 is 35.9 Å². The van der Waals surface area contributed by atoms with Crippen LogP contribution in [0.2, 0.25) is 0 Å². The summed E-state index contributed by atoms with van der Waals surface area (Å²) in [4.78, 5) is 45.3. The molecule has 1 aromatic heterocycles. The highest BCUT2D eigenvalue weighted by atomic mass is 79.9. The Balaban J connectivity index is 2.74. The Labute approximate surface area is 127 Å². The predicted molar refractivity (Wildman–Crippen MR) is 74.6 cm³/mol. The lowest BCUT2D eigenvalue weighted by Gasteiger charge is -2.14. The smallest absolute Gasteiger partial charge is 0.326 e. The molecule has 1 amide bonds. The quantitative estimate of drug-likeness (QED) is 0.675. The number of carbonyl (C=O) groups excluding carboxylic acids is 2. The van der Waals surface area contributed by atoms with Crippen molar-refractivity contribution in [3.05, 3.63) is 33.2 Å². The lowest BCUT2D eigenvalue weighted by atomic mass is 10.2. The van der Waals surface area contributed by atoms with E-state index in [2.05, 4.69) is 26.0 Å². The monoisotopic (exact) mass is 360 g/mol. The number of esters is 1. The number of aliphatic carboxylic acids is 1. The highest BCUT2D eigenvalue weighted by Crippen LogP contribution is 2.04. The molecule has 8 nitrogen and oxygen atoms in total. The van der Waals surface area contributed by atoms with E-state index in [0.29, 0.717) is 4.47 Å². The first kappa shape index (κ1) is 16.9. The first-order valence-corrected chi connectivity index (χ1v) is 6.57. The minimum atomic E-state index is -1.41. The van der Waals surface area contributed by atoms with Crippen molar-refractivity contribution in [1.82, 2.24) is 9.88 Å². The molecule has 114 valence electrons. The Bertz CT molecular complexity index is 612. The Kier molecular flexibility index (Phi) is 6.10. The van der Waals surface area contributed by atoms with Gasteiger partial charge in [0.2, 0.25) is 5.91 Å². The minimum Gasteiger partial charge on any atom is -0.480 e. The molecule has 0 aliphatic rings. The Morgan fingerprint density at radius 1 is 1.43 bits per heavy atom. The molecule has 21 heavy (non-hydrogen) atoms. The van der Waals surface area contributed by atoms with Gasteiger partial charge >= 0.3 is 11.9 Å². The fourth-order valence-electron chi connectivity index (χ4n) is 1.47. The fraction of sp³-hybridized carbons (Fsp3) is 0.333. The number of nitrogens with one attached hydrogen (secondary N) is 1. The van der Waals surface area contributed by atoms with E-state index >= 15 is 0 Å². The number of hydrogen-bond donors (Lipinski definition) is 2. The lowest BCUT2D eigenvalue weighted by molar-refractivity contribution is -0.148. The zero-order valence-electron chi connectivity index (χ0n) is 11.0. The summed E-state index contributed by atoms with van der Waals surface area (Å²) in [6, 6.07) is 1.38. The van der Waals surface area contributed by atoms with Gasteiger partial charge in [-0.3, -0.25) is 14.4 Å². The van der Waals surface area contributed by atoms with Crippen molar-refractivity contribution in [2.45, 2.75) is 19.0 Å². The molecule has 2 N–H and O–H groups in total. The van der Waals surface area contributed by atoms with Gasteiger partial charge in [0.1, 0.15) is 12.6 Å². The molecule has 1 atom stereocenters. The number of nitrogens with zero attached hydrogens (tertiary/aromatic N) is 1. The minimum absolute atomic E-state index is 0.358. The Morgan fingerprint density at radius 2 is 2.10 bits per heavy atom. The van der Waals surface area contributed by atoms with Crippen molar-refractivity contribution in [3.8, 4) is 0 Å². The van der Waals surface area contributed by atoms with Crippen LogP contribution in [-0.4, -0.2) is 40.7 Å². The van der Waals surface area contributed by atoms with Crippen LogP contribution in [0, 0.1) is 0 Å². The number of rotatable bonds is 6. The topological polar surface area (TPSA) is 115 Å². The largest absolute Gasteiger partial charge is 0.480 e. The van der Waals surface area contributed by atoms with Crippen molar-refractivity contribution < 1.29 is 24.2 Å². The molecule has 0 unspecified atom stereocenters. The number of carboxylic acid groups (broad SMARTS) is 1. The summed E-state index contributed by atoms with van der Waals surface area (Å²) in [5.41, 5.74) is -0.409. The van der Waals surface area contributed by atoms with Gasteiger partial charge in [-0.2, -0.15) is 0 Å². The van der Waals surface area contributed by atoms with Crippen molar-refractivity contribution in [2.75, 3.05) is 7.11 Å². The van der Waals surface area contributed by atoms with Crippen LogP contribution in [0.4, 0.5) is 0 Å². The average molecular weight is 361 g/mol. The summed E-state index contributed by atoms with van der Waals surface area (Å²) in [5, 5.41) is 11.1. The lowest BCUT2D eigenvalue weighted by Crippen LogP contribution is -2.44. The van der Waals surface area contributed by atoms with E-state index in [1.807, 2.05) is 0 Å². The van der Waals surface area contributed by atoms with Gasteiger partial charge in [0, 0.05) is 16.7 Å². The van der Waals surface area contributed by atoms with Crippen molar-refractivity contribution in [3.63, 3.8) is 0 Å². The number of pyridine rings is 1. The van der Waals surface area contributed by atoms with Crippen LogP contribution in [0.3, 0.4) is 0 Å². The number of carboxylic acids is 1. The molecule has 0 aliphatic carbocycles. The first-order valence-electron chi connectivity index (χ1n) is 5.78. The molecular formula is C12H13BrN2O6. The molecule has 0 fully saturated rings. The molecule has 0 saturated heterocycles. The highest BCUT2D eigenvalue weighted by molar-refractivity contribution is 9.10. The van der Waals surface area contributed by atoms with E-state index in [1.54, 1.807) is 0 Å². The van der Waals surface area contributed by atoms with E-state index in [9.17, 15) is 19.2 Å². The number of carbonyl (C=O) groups is 3. The standard InChI is InChI=1S/C12H13BrN2O6/c1-21-11(18)4-8(12(19)20)14-9(16)6-15-5-7(13)2-3-10(15)17/h2-3,5,8H,4,6H2,1H3,(H,14,16)(H,19,20)/t8-/m0/s1. The first-order chi connectivity index (χ1) is 9.83. The molecule has 0 spiro atoms. The van der Waals surface area contributed by atoms with Crippen molar-refractivity contribution in [2.24, 2.45) is 0 Å². The van der Waals surface area contributed by atoms with Gasteiger partial charge in [-0.25, -0.2) is 4.79 Å². The second-order valence-electron chi connectivity index (χ2n) is 4.05. The van der Waals surface area contributed by atoms with Gasteiger partial charge in [-0.15, -0.1) is 0 Å².